The van der Waals surface area contributed by atoms with Crippen molar-refractivity contribution in [2.45, 2.75) is 31.1 Å². The summed E-state index contributed by atoms with van der Waals surface area (Å²) in [7, 11) is -2.05. The van der Waals surface area contributed by atoms with E-state index in [2.05, 4.69) is 24.8 Å². The fourth-order valence-electron chi connectivity index (χ4n) is 3.84. The predicted molar refractivity (Wildman–Crippen MR) is 123 cm³/mol. The predicted octanol–water partition coefficient (Wildman–Crippen LogP) is 0.0923. The first-order chi connectivity index (χ1) is 17.5. The number of aliphatic hydroxyl groups excluding tert-OH is 2. The van der Waals surface area contributed by atoms with Gasteiger partial charge in [0.15, 0.2) is 34.7 Å². The van der Waals surface area contributed by atoms with Crippen molar-refractivity contribution in [3.05, 3.63) is 40.5 Å². The molecule has 1 aliphatic rings. The number of fused-ring (bicyclic) bond motifs is 1. The summed E-state index contributed by atoms with van der Waals surface area (Å²) >= 11 is 0. The molecule has 0 spiro atoms. The number of phosphoric acid groups is 1. The molecule has 1 aromatic carbocycles. The molecule has 3 aromatic rings. The lowest BCUT2D eigenvalue weighted by Gasteiger charge is -2.16. The molecular weight excluding hydrogens is 519 g/mol. The highest BCUT2D eigenvalue weighted by Gasteiger charge is 2.45. The van der Waals surface area contributed by atoms with Gasteiger partial charge in [-0.3, -0.25) is 19.2 Å². The lowest BCUT2D eigenvalue weighted by molar-refractivity contribution is -0.385. The SMILES string of the molecule is COc1cc(CNc2ncnc3c2ncn3[C@@H]2O[C@H](COP(=O)(O)O)[C@@H](O)[C@H]2O)c([N+](=O)[O-])cc1OC. The molecule has 0 radical (unpaired) electrons. The Hall–Kier alpha value is -3.44. The maximum Gasteiger partial charge on any atom is 0.469 e. The summed E-state index contributed by atoms with van der Waals surface area (Å²) < 4.78 is 32.6. The number of nitro benzene ring substituents is 1. The Balaban J connectivity index is 1.58. The largest absolute Gasteiger partial charge is 0.493 e. The van der Waals surface area contributed by atoms with Gasteiger partial charge in [0.2, 0.25) is 0 Å². The standard InChI is InChI=1S/C19H23N6O11P/c1-33-11-3-9(10(25(28)29)4-12(11)34-2)5-20-17-14-18(22-7-21-17)24(8-23-14)19-16(27)15(26)13(36-19)6-35-37(30,31)32/h3-4,7-8,13,15-16,19,26-27H,5-6H2,1-2H3,(H,20,21,22)(H2,30,31,32)/t13-,15-,16-,19-/m1/s1. The van der Waals surface area contributed by atoms with Crippen molar-refractivity contribution in [2.75, 3.05) is 26.1 Å². The topological polar surface area (TPSA) is 234 Å². The zero-order chi connectivity index (χ0) is 26.9. The molecule has 0 saturated carbocycles. The third-order valence-corrected chi connectivity index (χ3v) is 6.09. The molecule has 0 aliphatic carbocycles. The summed E-state index contributed by atoms with van der Waals surface area (Å²) in [6.07, 6.45) is -2.99. The lowest BCUT2D eigenvalue weighted by Crippen LogP contribution is -2.33. The van der Waals surface area contributed by atoms with Crippen molar-refractivity contribution in [3.8, 4) is 11.5 Å². The first-order valence-electron chi connectivity index (χ1n) is 10.6. The first-order valence-corrected chi connectivity index (χ1v) is 12.1. The van der Waals surface area contributed by atoms with Gasteiger partial charge in [0, 0.05) is 6.54 Å². The van der Waals surface area contributed by atoms with Gasteiger partial charge in [-0.25, -0.2) is 19.5 Å². The Bertz CT molecular complexity index is 1350. The molecule has 2 aromatic heterocycles. The van der Waals surface area contributed by atoms with Gasteiger partial charge in [0.1, 0.15) is 24.6 Å². The highest BCUT2D eigenvalue weighted by atomic mass is 31.2. The minimum Gasteiger partial charge on any atom is -0.493 e. The van der Waals surface area contributed by atoms with Crippen LogP contribution in [0.15, 0.2) is 24.8 Å². The average molecular weight is 542 g/mol. The number of hydrogen-bond donors (Lipinski definition) is 5. The molecule has 4 rings (SSSR count). The van der Waals surface area contributed by atoms with E-state index in [1.165, 1.54) is 43.6 Å². The summed E-state index contributed by atoms with van der Waals surface area (Å²) in [5.41, 5.74) is 0.485. The quantitative estimate of drug-likeness (QED) is 0.130. The van der Waals surface area contributed by atoms with Gasteiger partial charge in [0.25, 0.3) is 5.69 Å². The second kappa shape index (κ2) is 10.5. The molecule has 37 heavy (non-hydrogen) atoms. The molecule has 200 valence electrons. The van der Waals surface area contributed by atoms with Crippen LogP contribution in [-0.4, -0.2) is 83.6 Å². The van der Waals surface area contributed by atoms with Crippen LogP contribution in [-0.2, 0) is 20.4 Å². The smallest absolute Gasteiger partial charge is 0.469 e. The normalized spacial score (nSPS) is 21.8. The minimum atomic E-state index is -4.82. The Kier molecular flexibility index (Phi) is 7.56. The number of benzene rings is 1. The summed E-state index contributed by atoms with van der Waals surface area (Å²) in [5, 5.41) is 35.3. The molecule has 17 nitrogen and oxygen atoms in total. The number of rotatable bonds is 10. The Morgan fingerprint density at radius 3 is 2.51 bits per heavy atom. The fraction of sp³-hybridized carbons (Fsp3) is 0.421. The van der Waals surface area contributed by atoms with Crippen molar-refractivity contribution >= 4 is 30.5 Å². The Morgan fingerprint density at radius 2 is 1.86 bits per heavy atom. The number of aromatic nitrogens is 4. The molecule has 0 unspecified atom stereocenters. The Labute approximate surface area is 208 Å². The van der Waals surface area contributed by atoms with E-state index < -0.39 is 43.9 Å². The highest BCUT2D eigenvalue weighted by molar-refractivity contribution is 7.46. The first kappa shape index (κ1) is 26.6. The van der Waals surface area contributed by atoms with Crippen molar-refractivity contribution in [1.82, 2.24) is 19.5 Å². The summed E-state index contributed by atoms with van der Waals surface area (Å²) in [6, 6.07) is 2.71. The van der Waals surface area contributed by atoms with Crippen LogP contribution in [0.25, 0.3) is 11.2 Å². The van der Waals surface area contributed by atoms with Gasteiger partial charge < -0.3 is 39.5 Å². The number of phosphoric ester groups is 1. The molecule has 18 heteroatoms. The molecule has 0 amide bonds. The number of nitrogens with zero attached hydrogens (tertiary/aromatic N) is 5. The minimum absolute atomic E-state index is 0.0430. The molecule has 1 fully saturated rings. The average Bonchev–Trinajstić information content (AvgIpc) is 3.41. The Morgan fingerprint density at radius 1 is 1.16 bits per heavy atom. The van der Waals surface area contributed by atoms with Gasteiger partial charge in [-0.2, -0.15) is 0 Å². The van der Waals surface area contributed by atoms with Crippen LogP contribution in [0.4, 0.5) is 11.5 Å². The van der Waals surface area contributed by atoms with Crippen LogP contribution >= 0.6 is 7.82 Å². The molecule has 0 bridgehead atoms. The number of nitrogens with one attached hydrogen (secondary N) is 1. The molecule has 1 saturated heterocycles. The number of nitro groups is 1. The van der Waals surface area contributed by atoms with Crippen molar-refractivity contribution in [2.24, 2.45) is 0 Å². The molecule has 1 aliphatic heterocycles. The van der Waals surface area contributed by atoms with Gasteiger partial charge >= 0.3 is 7.82 Å². The van der Waals surface area contributed by atoms with E-state index >= 15 is 0 Å². The number of imidazole rings is 1. The number of anilines is 1. The van der Waals surface area contributed by atoms with Gasteiger partial charge in [-0.1, -0.05) is 0 Å². The van der Waals surface area contributed by atoms with Crippen LogP contribution in [0.5, 0.6) is 11.5 Å². The van der Waals surface area contributed by atoms with Crippen LogP contribution in [0.2, 0.25) is 0 Å². The van der Waals surface area contributed by atoms with E-state index in [1.54, 1.807) is 0 Å². The van der Waals surface area contributed by atoms with Crippen LogP contribution < -0.4 is 14.8 Å². The zero-order valence-corrected chi connectivity index (χ0v) is 20.3. The van der Waals surface area contributed by atoms with E-state index in [1.807, 2.05) is 0 Å². The summed E-state index contributed by atoms with van der Waals surface area (Å²) in [4.78, 5) is 41.3. The third kappa shape index (κ3) is 5.47. The zero-order valence-electron chi connectivity index (χ0n) is 19.4. The molecule has 3 heterocycles. The second-order valence-electron chi connectivity index (χ2n) is 7.83. The maximum atomic E-state index is 11.6. The van der Waals surface area contributed by atoms with Gasteiger partial charge in [-0.05, 0) is 6.07 Å². The van der Waals surface area contributed by atoms with Crippen LogP contribution in [0, 0.1) is 10.1 Å². The second-order valence-corrected chi connectivity index (χ2v) is 9.06. The van der Waals surface area contributed by atoms with Crippen molar-refractivity contribution in [1.29, 1.82) is 0 Å². The van der Waals surface area contributed by atoms with E-state index in [4.69, 9.17) is 24.0 Å². The fourth-order valence-corrected chi connectivity index (χ4v) is 4.18. The summed E-state index contributed by atoms with van der Waals surface area (Å²) in [6.45, 7) is -0.712. The summed E-state index contributed by atoms with van der Waals surface area (Å²) in [5.74, 6) is 0.704. The van der Waals surface area contributed by atoms with E-state index in [0.717, 1.165) is 0 Å². The number of aliphatic hydroxyl groups is 2. The third-order valence-electron chi connectivity index (χ3n) is 5.60. The lowest BCUT2D eigenvalue weighted by atomic mass is 10.1. The van der Waals surface area contributed by atoms with E-state index in [0.29, 0.717) is 5.75 Å². The number of hydrogen-bond acceptors (Lipinski definition) is 13. The number of methoxy groups -OCH3 is 2. The monoisotopic (exact) mass is 542 g/mol. The molecule has 5 N–H and O–H groups in total. The van der Waals surface area contributed by atoms with Gasteiger partial charge in [0.05, 0.1) is 43.7 Å². The van der Waals surface area contributed by atoms with Crippen LogP contribution in [0.1, 0.15) is 11.8 Å². The molecule has 4 atom stereocenters. The van der Waals surface area contributed by atoms with Crippen molar-refractivity contribution in [3.63, 3.8) is 0 Å². The van der Waals surface area contributed by atoms with Gasteiger partial charge in [-0.15, -0.1) is 0 Å². The van der Waals surface area contributed by atoms with Crippen molar-refractivity contribution < 1.29 is 48.2 Å². The maximum absolute atomic E-state index is 11.6. The highest BCUT2D eigenvalue weighted by Crippen LogP contribution is 2.39. The number of ether oxygens (including phenoxy) is 3. The molecular formula is C19H23N6O11P. The van der Waals surface area contributed by atoms with Crippen LogP contribution in [0.3, 0.4) is 0 Å². The van der Waals surface area contributed by atoms with E-state index in [-0.39, 0.29) is 40.5 Å². The van der Waals surface area contributed by atoms with E-state index in [9.17, 15) is 24.9 Å².